The fourth-order valence-electron chi connectivity index (χ4n) is 5.64. The van der Waals surface area contributed by atoms with E-state index in [9.17, 15) is 8.42 Å². The van der Waals surface area contributed by atoms with Crippen molar-refractivity contribution in [3.63, 3.8) is 0 Å². The van der Waals surface area contributed by atoms with Gasteiger partial charge in [0.05, 0.1) is 16.5 Å². The first-order valence-corrected chi connectivity index (χ1v) is 15.5. The molecule has 3 N–H and O–H groups in total. The van der Waals surface area contributed by atoms with Gasteiger partial charge < -0.3 is 15.5 Å². The molecule has 0 saturated heterocycles. The van der Waals surface area contributed by atoms with Crippen molar-refractivity contribution < 1.29 is 8.42 Å². The van der Waals surface area contributed by atoms with Gasteiger partial charge in [0.2, 0.25) is 16.0 Å². The monoisotopic (exact) mass is 556 g/mol. The minimum Gasteiger partial charge on any atom is -0.377 e. The summed E-state index contributed by atoms with van der Waals surface area (Å²) in [7, 11) is 0.314. The lowest BCUT2D eigenvalue weighted by molar-refractivity contribution is 0.284. The van der Waals surface area contributed by atoms with E-state index in [2.05, 4.69) is 27.5 Å². The van der Waals surface area contributed by atoms with Crippen LogP contribution in [-0.4, -0.2) is 51.6 Å². The summed E-state index contributed by atoms with van der Waals surface area (Å²) >= 11 is 0. The van der Waals surface area contributed by atoms with E-state index in [1.165, 1.54) is 0 Å². The summed E-state index contributed by atoms with van der Waals surface area (Å²) in [6, 6.07) is 19.6. The molecule has 0 radical (unpaired) electrons. The summed E-state index contributed by atoms with van der Waals surface area (Å²) in [5.74, 6) is 2.33. The van der Waals surface area contributed by atoms with Gasteiger partial charge in [-0.2, -0.15) is 4.98 Å². The zero-order valence-corrected chi connectivity index (χ0v) is 23.8. The number of fused-ring (bicyclic) bond motifs is 2. The maximum absolute atomic E-state index is 13.3. The molecule has 4 aromatic rings. The molecule has 3 aromatic carbocycles. The van der Waals surface area contributed by atoms with E-state index in [0.717, 1.165) is 65.4 Å². The maximum Gasteiger partial charge on any atom is 0.241 e. The molecule has 2 aliphatic rings. The lowest BCUT2D eigenvalue weighted by Crippen LogP contribution is -2.32. The maximum atomic E-state index is 13.3. The van der Waals surface area contributed by atoms with Gasteiger partial charge in [0.25, 0.3) is 0 Å². The van der Waals surface area contributed by atoms with Crippen LogP contribution in [0.5, 0.6) is 0 Å². The van der Waals surface area contributed by atoms with Crippen LogP contribution in [-0.2, 0) is 10.0 Å². The topological polar surface area (TPSA) is 99.3 Å². The second-order valence-electron chi connectivity index (χ2n) is 11.1. The molecule has 208 valence electrons. The summed E-state index contributed by atoms with van der Waals surface area (Å²) < 4.78 is 29.6. The van der Waals surface area contributed by atoms with E-state index in [1.807, 2.05) is 73.6 Å². The van der Waals surface area contributed by atoms with Crippen LogP contribution in [0, 0.1) is 11.8 Å². The molecule has 1 heterocycles. The number of hydrogen-bond donors (Lipinski definition) is 3. The summed E-state index contributed by atoms with van der Waals surface area (Å²) in [6.45, 7) is 1.27. The third kappa shape index (κ3) is 5.76. The molecule has 40 heavy (non-hydrogen) atoms. The standard InChI is InChI=1S/C31H36N6O2S/c1-37(2)28-11-5-9-25-24(28)8-6-12-29(25)40(38,39)33-20-22-15-13-21(14-16-22)19-32-31-35-27-10-4-3-7-26(27)30(36-31)34-23-17-18-23/h3-12,17-18,21-23,33H,13-16,19-20H2,1-2H3,(H2,32,34,35,36). The number of anilines is 3. The predicted molar refractivity (Wildman–Crippen MR) is 163 cm³/mol. The highest BCUT2D eigenvalue weighted by atomic mass is 32.2. The Bertz CT molecular complexity index is 1660. The summed E-state index contributed by atoms with van der Waals surface area (Å²) in [6.07, 6.45) is 8.29. The van der Waals surface area contributed by atoms with E-state index >= 15 is 0 Å². The number of nitrogens with one attached hydrogen (secondary N) is 3. The van der Waals surface area contributed by atoms with Gasteiger partial charge in [0.15, 0.2) is 0 Å². The number of benzene rings is 3. The van der Waals surface area contributed by atoms with Gasteiger partial charge in [0.1, 0.15) is 5.82 Å². The number of rotatable bonds is 10. The Labute approximate surface area is 236 Å². The van der Waals surface area contributed by atoms with Crippen LogP contribution in [0.2, 0.25) is 0 Å². The molecule has 0 bridgehead atoms. The molecule has 2 aliphatic carbocycles. The zero-order valence-electron chi connectivity index (χ0n) is 23.0. The van der Waals surface area contributed by atoms with Crippen LogP contribution in [0.25, 0.3) is 21.7 Å². The molecule has 0 spiro atoms. The summed E-state index contributed by atoms with van der Waals surface area (Å²) in [5, 5.41) is 9.61. The van der Waals surface area contributed by atoms with Crippen LogP contribution in [0.1, 0.15) is 25.7 Å². The molecule has 1 aromatic heterocycles. The quantitative estimate of drug-likeness (QED) is 0.225. The molecule has 0 atom stereocenters. The fraction of sp³-hybridized carbons (Fsp3) is 0.355. The van der Waals surface area contributed by atoms with Crippen molar-refractivity contribution in [2.24, 2.45) is 11.8 Å². The van der Waals surface area contributed by atoms with Crippen LogP contribution >= 0.6 is 0 Å². The second-order valence-corrected chi connectivity index (χ2v) is 12.8. The minimum absolute atomic E-state index is 0.273. The Hall–Kier alpha value is -3.69. The minimum atomic E-state index is -3.62. The van der Waals surface area contributed by atoms with Crippen molar-refractivity contribution in [2.45, 2.75) is 36.6 Å². The van der Waals surface area contributed by atoms with Crippen LogP contribution < -0.4 is 20.3 Å². The highest BCUT2D eigenvalue weighted by Crippen LogP contribution is 2.32. The Balaban J connectivity index is 1.04. The molecule has 0 unspecified atom stereocenters. The molecule has 0 aliphatic heterocycles. The summed E-state index contributed by atoms with van der Waals surface area (Å²) in [4.78, 5) is 11.8. The predicted octanol–water partition coefficient (Wildman–Crippen LogP) is 5.40. The van der Waals surface area contributed by atoms with E-state index in [0.29, 0.717) is 29.2 Å². The third-order valence-electron chi connectivity index (χ3n) is 8.00. The Morgan fingerprint density at radius 1 is 0.800 bits per heavy atom. The van der Waals surface area contributed by atoms with Crippen LogP contribution in [0.3, 0.4) is 0 Å². The van der Waals surface area contributed by atoms with E-state index < -0.39 is 10.0 Å². The van der Waals surface area contributed by atoms with Gasteiger partial charge in [-0.25, -0.2) is 18.1 Å². The van der Waals surface area contributed by atoms with Gasteiger partial charge in [-0.1, -0.05) is 48.6 Å². The van der Waals surface area contributed by atoms with E-state index in [4.69, 9.17) is 9.97 Å². The Kier molecular flexibility index (Phi) is 7.33. The molecular weight excluding hydrogens is 520 g/mol. The normalized spacial score (nSPS) is 19.1. The molecule has 1 saturated carbocycles. The molecule has 1 fully saturated rings. The van der Waals surface area contributed by atoms with Crippen LogP contribution in [0.4, 0.5) is 17.5 Å². The van der Waals surface area contributed by atoms with Crippen molar-refractivity contribution in [3.8, 4) is 0 Å². The smallest absolute Gasteiger partial charge is 0.241 e. The first-order valence-electron chi connectivity index (χ1n) is 14.0. The lowest BCUT2D eigenvalue weighted by atomic mass is 9.82. The van der Waals surface area contributed by atoms with Crippen molar-refractivity contribution in [3.05, 3.63) is 72.8 Å². The largest absolute Gasteiger partial charge is 0.377 e. The number of para-hydroxylation sites is 1. The average Bonchev–Trinajstić information content (AvgIpc) is 3.79. The average molecular weight is 557 g/mol. The van der Waals surface area contributed by atoms with Crippen molar-refractivity contribution >= 4 is 49.2 Å². The molecule has 9 heteroatoms. The van der Waals surface area contributed by atoms with Crippen LogP contribution in [0.15, 0.2) is 77.7 Å². The third-order valence-corrected chi connectivity index (χ3v) is 9.48. The second kappa shape index (κ2) is 11.1. The lowest BCUT2D eigenvalue weighted by Gasteiger charge is -2.29. The highest BCUT2D eigenvalue weighted by Gasteiger charge is 2.25. The number of nitrogens with zero attached hydrogens (tertiary/aromatic N) is 3. The molecule has 6 rings (SSSR count). The first kappa shape index (κ1) is 26.5. The molecule has 8 nitrogen and oxygen atoms in total. The van der Waals surface area contributed by atoms with Gasteiger partial charge in [-0.05, 0) is 61.8 Å². The highest BCUT2D eigenvalue weighted by molar-refractivity contribution is 7.89. The van der Waals surface area contributed by atoms with Crippen molar-refractivity contribution in [1.29, 1.82) is 0 Å². The van der Waals surface area contributed by atoms with Gasteiger partial charge in [-0.3, -0.25) is 0 Å². The van der Waals surface area contributed by atoms with Crippen molar-refractivity contribution in [1.82, 2.24) is 14.7 Å². The van der Waals surface area contributed by atoms with Crippen molar-refractivity contribution in [2.75, 3.05) is 42.7 Å². The van der Waals surface area contributed by atoms with Gasteiger partial charge in [0, 0.05) is 49.0 Å². The SMILES string of the molecule is CN(C)c1cccc2c(S(=O)(=O)NCC3CCC(CNc4nc(NC5C=C5)c5ccccc5n4)CC3)cccc12. The number of sulfonamides is 1. The van der Waals surface area contributed by atoms with E-state index in [1.54, 1.807) is 6.07 Å². The van der Waals surface area contributed by atoms with Gasteiger partial charge in [-0.15, -0.1) is 0 Å². The van der Waals surface area contributed by atoms with E-state index in [-0.39, 0.29) is 6.04 Å². The Morgan fingerprint density at radius 2 is 1.48 bits per heavy atom. The van der Waals surface area contributed by atoms with Gasteiger partial charge >= 0.3 is 0 Å². The summed E-state index contributed by atoms with van der Waals surface area (Å²) in [5.41, 5.74) is 1.92. The first-order chi connectivity index (χ1) is 19.4. The molecular formula is C31H36N6O2S. The fourth-order valence-corrected chi connectivity index (χ4v) is 6.98. The number of hydrogen-bond acceptors (Lipinski definition) is 7. The number of aromatic nitrogens is 2. The zero-order chi connectivity index (χ0) is 27.7. The Morgan fingerprint density at radius 3 is 2.23 bits per heavy atom. The molecule has 0 amide bonds.